The minimum Gasteiger partial charge on any atom is -0.340 e. The van der Waals surface area contributed by atoms with Crippen LogP contribution in [0.1, 0.15) is 16.8 Å². The highest BCUT2D eigenvalue weighted by Crippen LogP contribution is 2.29. The fourth-order valence-corrected chi connectivity index (χ4v) is 1.91. The summed E-state index contributed by atoms with van der Waals surface area (Å²) < 4.78 is 37.9. The molecule has 0 aliphatic carbocycles. The maximum atomic E-state index is 12.6. The maximum Gasteiger partial charge on any atom is 0.416 e. The quantitative estimate of drug-likeness (QED) is 0.872. The highest BCUT2D eigenvalue weighted by Gasteiger charge is 2.30. The van der Waals surface area contributed by atoms with Crippen molar-refractivity contribution in [3.05, 3.63) is 59.7 Å². The van der Waals surface area contributed by atoms with E-state index in [1.807, 2.05) is 0 Å². The van der Waals surface area contributed by atoms with E-state index in [9.17, 15) is 18.0 Å². The molecule has 2 rings (SSSR count). The highest BCUT2D eigenvalue weighted by molar-refractivity contribution is 5.78. The number of amides is 1. The molecule has 2 aromatic rings. The van der Waals surface area contributed by atoms with Gasteiger partial charge >= 0.3 is 6.18 Å². The lowest BCUT2D eigenvalue weighted by Crippen LogP contribution is -2.28. The second-order valence-electron chi connectivity index (χ2n) is 4.82. The number of alkyl halides is 3. The van der Waals surface area contributed by atoms with Crippen LogP contribution in [0.25, 0.3) is 0 Å². The molecule has 0 unspecified atom stereocenters. The predicted molar refractivity (Wildman–Crippen MR) is 73.7 cm³/mol. The first-order valence-electron chi connectivity index (χ1n) is 6.51. The molecule has 0 N–H and O–H groups in total. The predicted octanol–water partition coefficient (Wildman–Crippen LogP) is 2.70. The lowest BCUT2D eigenvalue weighted by molar-refractivity contribution is -0.138. The summed E-state index contributed by atoms with van der Waals surface area (Å²) in [4.78, 5) is 21.4. The van der Waals surface area contributed by atoms with Crippen molar-refractivity contribution in [3.63, 3.8) is 0 Å². The lowest BCUT2D eigenvalue weighted by Gasteiger charge is -2.17. The van der Waals surface area contributed by atoms with Crippen LogP contribution in [0.2, 0.25) is 0 Å². The van der Waals surface area contributed by atoms with Crippen LogP contribution in [0.3, 0.4) is 0 Å². The summed E-state index contributed by atoms with van der Waals surface area (Å²) in [6, 6.07) is 4.78. The fraction of sp³-hybridized carbons (Fsp3) is 0.267. The topological polar surface area (TPSA) is 46.1 Å². The van der Waals surface area contributed by atoms with E-state index in [2.05, 4.69) is 9.97 Å². The van der Waals surface area contributed by atoms with E-state index >= 15 is 0 Å². The van der Waals surface area contributed by atoms with Gasteiger partial charge in [0.15, 0.2) is 0 Å². The summed E-state index contributed by atoms with van der Waals surface area (Å²) in [6.45, 7) is 0.256. The molecule has 0 aliphatic heterocycles. The van der Waals surface area contributed by atoms with Crippen LogP contribution in [0.4, 0.5) is 13.2 Å². The van der Waals surface area contributed by atoms with Crippen molar-refractivity contribution in [2.45, 2.75) is 19.1 Å². The molecule has 0 spiro atoms. The van der Waals surface area contributed by atoms with E-state index < -0.39 is 11.7 Å². The van der Waals surface area contributed by atoms with E-state index in [0.29, 0.717) is 11.3 Å². The molecular formula is C15H14F3N3O. The standard InChI is InChI=1S/C15H14F3N3O/c1-21(10-13-9-19-5-6-20-13)14(22)8-11-3-2-4-12(7-11)15(16,17)18/h2-7,9H,8,10H2,1H3. The first kappa shape index (κ1) is 15.9. The number of hydrogen-bond acceptors (Lipinski definition) is 3. The van der Waals surface area contributed by atoms with Crippen molar-refractivity contribution < 1.29 is 18.0 Å². The van der Waals surface area contributed by atoms with Gasteiger partial charge in [-0.1, -0.05) is 18.2 Å². The van der Waals surface area contributed by atoms with Gasteiger partial charge in [0.05, 0.1) is 30.4 Å². The van der Waals surface area contributed by atoms with E-state index in [-0.39, 0.29) is 18.9 Å². The molecule has 1 aromatic carbocycles. The molecule has 0 saturated heterocycles. The number of hydrogen-bond donors (Lipinski definition) is 0. The SMILES string of the molecule is CN(Cc1cnccn1)C(=O)Cc1cccc(C(F)(F)F)c1. The van der Waals surface area contributed by atoms with E-state index in [0.717, 1.165) is 12.1 Å². The number of halogens is 3. The van der Waals surface area contributed by atoms with Crippen molar-refractivity contribution >= 4 is 5.91 Å². The third-order valence-electron chi connectivity index (χ3n) is 3.05. The summed E-state index contributed by atoms with van der Waals surface area (Å²) >= 11 is 0. The normalized spacial score (nSPS) is 11.3. The number of carbonyl (C=O) groups excluding carboxylic acids is 1. The zero-order valence-corrected chi connectivity index (χ0v) is 11.8. The Morgan fingerprint density at radius 2 is 2.05 bits per heavy atom. The Kier molecular flexibility index (Phi) is 4.75. The monoisotopic (exact) mass is 309 g/mol. The third-order valence-corrected chi connectivity index (χ3v) is 3.05. The van der Waals surface area contributed by atoms with Gasteiger partial charge in [-0.05, 0) is 11.6 Å². The van der Waals surface area contributed by atoms with Crippen LogP contribution in [0.15, 0.2) is 42.9 Å². The van der Waals surface area contributed by atoms with Crippen molar-refractivity contribution in [1.29, 1.82) is 0 Å². The van der Waals surface area contributed by atoms with Gasteiger partial charge in [0.2, 0.25) is 5.91 Å². The van der Waals surface area contributed by atoms with Gasteiger partial charge in [0.1, 0.15) is 0 Å². The van der Waals surface area contributed by atoms with Gasteiger partial charge in [-0.2, -0.15) is 13.2 Å². The minimum absolute atomic E-state index is 0.0965. The molecule has 7 heteroatoms. The van der Waals surface area contributed by atoms with Crippen LogP contribution in [-0.2, 0) is 23.9 Å². The smallest absolute Gasteiger partial charge is 0.340 e. The molecule has 22 heavy (non-hydrogen) atoms. The molecule has 0 atom stereocenters. The zero-order valence-electron chi connectivity index (χ0n) is 11.8. The second kappa shape index (κ2) is 6.55. The molecule has 0 saturated carbocycles. The second-order valence-corrected chi connectivity index (χ2v) is 4.82. The average molecular weight is 309 g/mol. The first-order valence-corrected chi connectivity index (χ1v) is 6.51. The Labute approximate surface area is 125 Å². The largest absolute Gasteiger partial charge is 0.416 e. The molecule has 0 fully saturated rings. The fourth-order valence-electron chi connectivity index (χ4n) is 1.91. The molecule has 1 aromatic heterocycles. The molecule has 0 aliphatic rings. The minimum atomic E-state index is -4.41. The number of rotatable bonds is 4. The number of aromatic nitrogens is 2. The number of benzene rings is 1. The van der Waals surface area contributed by atoms with Crippen molar-refractivity contribution in [3.8, 4) is 0 Å². The number of nitrogens with zero attached hydrogens (tertiary/aromatic N) is 3. The molecule has 1 amide bonds. The first-order chi connectivity index (χ1) is 10.4. The van der Waals surface area contributed by atoms with Crippen LogP contribution >= 0.6 is 0 Å². The number of carbonyl (C=O) groups is 1. The van der Waals surface area contributed by atoms with Crippen LogP contribution in [0.5, 0.6) is 0 Å². The van der Waals surface area contributed by atoms with Gasteiger partial charge in [-0.15, -0.1) is 0 Å². The van der Waals surface area contributed by atoms with E-state index in [4.69, 9.17) is 0 Å². The Hall–Kier alpha value is -2.44. The van der Waals surface area contributed by atoms with Crippen LogP contribution < -0.4 is 0 Å². The van der Waals surface area contributed by atoms with Crippen LogP contribution in [-0.4, -0.2) is 27.8 Å². The van der Waals surface area contributed by atoms with Gasteiger partial charge in [-0.25, -0.2) is 0 Å². The molecular weight excluding hydrogens is 295 g/mol. The van der Waals surface area contributed by atoms with Crippen LogP contribution in [0, 0.1) is 0 Å². The van der Waals surface area contributed by atoms with Gasteiger partial charge in [-0.3, -0.25) is 14.8 Å². The van der Waals surface area contributed by atoms with E-state index in [1.165, 1.54) is 35.6 Å². The van der Waals surface area contributed by atoms with Crippen molar-refractivity contribution in [2.24, 2.45) is 0 Å². The van der Waals surface area contributed by atoms with Gasteiger partial charge in [0.25, 0.3) is 0 Å². The van der Waals surface area contributed by atoms with Crippen molar-refractivity contribution in [2.75, 3.05) is 7.05 Å². The third kappa shape index (κ3) is 4.28. The summed E-state index contributed by atoms with van der Waals surface area (Å²) in [6.07, 6.45) is 0.0632. The lowest BCUT2D eigenvalue weighted by atomic mass is 10.1. The molecule has 0 radical (unpaired) electrons. The van der Waals surface area contributed by atoms with Gasteiger partial charge in [0, 0.05) is 19.4 Å². The molecule has 1 heterocycles. The average Bonchev–Trinajstić information content (AvgIpc) is 2.47. The molecule has 116 valence electrons. The molecule has 4 nitrogen and oxygen atoms in total. The molecule has 0 bridgehead atoms. The van der Waals surface area contributed by atoms with Gasteiger partial charge < -0.3 is 4.90 Å². The Balaban J connectivity index is 2.02. The summed E-state index contributed by atoms with van der Waals surface area (Å²) in [5, 5.41) is 0. The highest BCUT2D eigenvalue weighted by atomic mass is 19.4. The Morgan fingerprint density at radius 1 is 1.27 bits per heavy atom. The van der Waals surface area contributed by atoms with Crippen molar-refractivity contribution in [1.82, 2.24) is 14.9 Å². The maximum absolute atomic E-state index is 12.6. The Morgan fingerprint density at radius 3 is 2.68 bits per heavy atom. The Bertz CT molecular complexity index is 644. The summed E-state index contributed by atoms with van der Waals surface area (Å²) in [5.41, 5.74) is 0.183. The summed E-state index contributed by atoms with van der Waals surface area (Å²) in [7, 11) is 1.57. The number of likely N-dealkylation sites (N-methyl/N-ethyl adjacent to an activating group) is 1. The zero-order chi connectivity index (χ0) is 16.2. The summed E-state index contributed by atoms with van der Waals surface area (Å²) in [5.74, 6) is -0.287. The van der Waals surface area contributed by atoms with E-state index in [1.54, 1.807) is 7.05 Å².